The van der Waals surface area contributed by atoms with E-state index in [0.717, 1.165) is 0 Å². The number of nitrogens with one attached hydrogen (secondary N) is 1. The van der Waals surface area contributed by atoms with Crippen molar-refractivity contribution in [2.75, 3.05) is 6.54 Å². The molecule has 0 radical (unpaired) electrons. The maximum Gasteiger partial charge on any atom is 0.280 e. The van der Waals surface area contributed by atoms with E-state index in [0.29, 0.717) is 6.54 Å². The van der Waals surface area contributed by atoms with Crippen molar-refractivity contribution in [3.63, 3.8) is 0 Å². The number of carbonyl (C=O) groups excluding carboxylic acids is 1. The Morgan fingerprint density at radius 3 is 2.81 bits per heavy atom. The lowest BCUT2D eigenvalue weighted by Crippen LogP contribution is -2.05. The van der Waals surface area contributed by atoms with Gasteiger partial charge < -0.3 is 5.32 Å². The Labute approximate surface area is 92.9 Å². The van der Waals surface area contributed by atoms with Crippen LogP contribution in [0, 0.1) is 10.1 Å². The second-order valence-corrected chi connectivity index (χ2v) is 3.03. The van der Waals surface area contributed by atoms with Crippen LogP contribution in [0.1, 0.15) is 17.3 Å². The number of nitro benzene ring substituents is 1. The lowest BCUT2D eigenvalue weighted by Gasteiger charge is -1.98. The average molecular weight is 220 g/mol. The Morgan fingerprint density at radius 2 is 2.19 bits per heavy atom. The quantitative estimate of drug-likeness (QED) is 0.356. The van der Waals surface area contributed by atoms with Gasteiger partial charge in [-0.2, -0.15) is 0 Å². The van der Waals surface area contributed by atoms with Gasteiger partial charge in [0.2, 0.25) is 0 Å². The monoisotopic (exact) mass is 220 g/mol. The summed E-state index contributed by atoms with van der Waals surface area (Å²) in [6.45, 7) is 2.58. The van der Waals surface area contributed by atoms with Crippen molar-refractivity contribution in [2.45, 2.75) is 6.92 Å². The Morgan fingerprint density at radius 1 is 1.50 bits per heavy atom. The molecule has 0 heterocycles. The topological polar surface area (TPSA) is 72.2 Å². The van der Waals surface area contributed by atoms with E-state index in [9.17, 15) is 14.9 Å². The van der Waals surface area contributed by atoms with Crippen LogP contribution in [-0.2, 0) is 0 Å². The van der Waals surface area contributed by atoms with Crippen molar-refractivity contribution in [1.29, 1.82) is 0 Å². The predicted molar refractivity (Wildman–Crippen MR) is 60.2 cm³/mol. The van der Waals surface area contributed by atoms with Crippen molar-refractivity contribution in [1.82, 2.24) is 5.32 Å². The molecule has 0 fully saturated rings. The Hall–Kier alpha value is -2.17. The van der Waals surface area contributed by atoms with E-state index >= 15 is 0 Å². The van der Waals surface area contributed by atoms with Crippen molar-refractivity contribution in [3.05, 3.63) is 52.2 Å². The number of carbonyl (C=O) groups is 1. The van der Waals surface area contributed by atoms with Gasteiger partial charge in [0.1, 0.15) is 0 Å². The molecule has 0 aliphatic rings. The fraction of sp³-hybridized carbons (Fsp3) is 0.182. The number of para-hydroxylation sites is 1. The molecule has 0 bridgehead atoms. The molecule has 0 saturated carbocycles. The normalized spacial score (nSPS) is 10.3. The third-order valence-electron chi connectivity index (χ3n) is 1.92. The van der Waals surface area contributed by atoms with Gasteiger partial charge in [-0.3, -0.25) is 14.9 Å². The number of allylic oxidation sites excluding steroid dienone is 1. The Balaban J connectivity index is 2.95. The first kappa shape index (κ1) is 11.9. The molecule has 1 aromatic rings. The number of nitro groups is 1. The minimum absolute atomic E-state index is 0.0988. The summed E-state index contributed by atoms with van der Waals surface area (Å²) in [6, 6.07) is 5.88. The minimum Gasteiger partial charge on any atom is -0.391 e. The van der Waals surface area contributed by atoms with E-state index in [1.807, 2.05) is 6.92 Å². The molecule has 0 saturated heterocycles. The number of benzene rings is 1. The van der Waals surface area contributed by atoms with Gasteiger partial charge >= 0.3 is 0 Å². The Bertz CT molecular complexity index is 427. The van der Waals surface area contributed by atoms with E-state index in [4.69, 9.17) is 0 Å². The van der Waals surface area contributed by atoms with Crippen LogP contribution in [0.5, 0.6) is 0 Å². The lowest BCUT2D eigenvalue weighted by molar-refractivity contribution is -0.385. The summed E-state index contributed by atoms with van der Waals surface area (Å²) in [4.78, 5) is 21.7. The van der Waals surface area contributed by atoms with Gasteiger partial charge in [-0.25, -0.2) is 0 Å². The fourth-order valence-electron chi connectivity index (χ4n) is 1.18. The number of hydrogen-bond acceptors (Lipinski definition) is 4. The van der Waals surface area contributed by atoms with Gasteiger partial charge in [0, 0.05) is 24.9 Å². The van der Waals surface area contributed by atoms with Gasteiger partial charge in [-0.05, 0) is 13.0 Å². The summed E-state index contributed by atoms with van der Waals surface area (Å²) < 4.78 is 0. The smallest absolute Gasteiger partial charge is 0.280 e. The van der Waals surface area contributed by atoms with E-state index in [2.05, 4.69) is 5.32 Å². The maximum atomic E-state index is 11.6. The van der Waals surface area contributed by atoms with Crippen LogP contribution in [0.4, 0.5) is 5.69 Å². The van der Waals surface area contributed by atoms with Crippen LogP contribution in [0.25, 0.3) is 0 Å². The fourth-order valence-corrected chi connectivity index (χ4v) is 1.18. The van der Waals surface area contributed by atoms with E-state index in [-0.39, 0.29) is 17.0 Å². The molecule has 16 heavy (non-hydrogen) atoms. The second kappa shape index (κ2) is 5.65. The zero-order valence-corrected chi connectivity index (χ0v) is 8.84. The average Bonchev–Trinajstić information content (AvgIpc) is 2.29. The van der Waals surface area contributed by atoms with Gasteiger partial charge in [0.05, 0.1) is 10.5 Å². The first-order valence-electron chi connectivity index (χ1n) is 4.84. The minimum atomic E-state index is -0.561. The first-order valence-corrected chi connectivity index (χ1v) is 4.84. The molecule has 0 amide bonds. The van der Waals surface area contributed by atoms with E-state index in [1.165, 1.54) is 30.5 Å². The van der Waals surface area contributed by atoms with Gasteiger partial charge in [-0.15, -0.1) is 0 Å². The molecular formula is C11H12N2O3. The third-order valence-corrected chi connectivity index (χ3v) is 1.92. The van der Waals surface area contributed by atoms with Gasteiger partial charge in [0.15, 0.2) is 5.78 Å². The van der Waals surface area contributed by atoms with Crippen molar-refractivity contribution in [2.24, 2.45) is 0 Å². The molecule has 0 spiro atoms. The highest BCUT2D eigenvalue weighted by Crippen LogP contribution is 2.18. The highest BCUT2D eigenvalue weighted by Gasteiger charge is 2.16. The zero-order chi connectivity index (χ0) is 12.0. The molecular weight excluding hydrogens is 208 g/mol. The molecule has 1 N–H and O–H groups in total. The molecule has 5 heteroatoms. The second-order valence-electron chi connectivity index (χ2n) is 3.03. The molecule has 1 aromatic carbocycles. The lowest BCUT2D eigenvalue weighted by atomic mass is 10.1. The van der Waals surface area contributed by atoms with Gasteiger partial charge in [0.25, 0.3) is 5.69 Å². The molecule has 0 unspecified atom stereocenters. The van der Waals surface area contributed by atoms with Crippen molar-refractivity contribution < 1.29 is 9.72 Å². The van der Waals surface area contributed by atoms with Crippen LogP contribution >= 0.6 is 0 Å². The summed E-state index contributed by atoms with van der Waals surface area (Å²) in [5.41, 5.74) is -0.0738. The van der Waals surface area contributed by atoms with Crippen molar-refractivity contribution in [3.8, 4) is 0 Å². The number of hydrogen-bond donors (Lipinski definition) is 1. The van der Waals surface area contributed by atoms with Gasteiger partial charge in [-0.1, -0.05) is 12.1 Å². The zero-order valence-electron chi connectivity index (χ0n) is 8.84. The molecule has 0 atom stereocenters. The maximum absolute atomic E-state index is 11.6. The molecule has 1 rings (SSSR count). The van der Waals surface area contributed by atoms with Crippen LogP contribution in [0.3, 0.4) is 0 Å². The van der Waals surface area contributed by atoms with E-state index < -0.39 is 4.92 Å². The molecule has 5 nitrogen and oxygen atoms in total. The number of nitrogens with zero attached hydrogens (tertiary/aromatic N) is 1. The molecule has 0 aliphatic carbocycles. The molecule has 84 valence electrons. The standard InChI is InChI=1S/C11H12N2O3/c1-2-12-8-7-11(14)9-5-3-4-6-10(9)13(15)16/h3-8,12H,2H2,1H3/b8-7+. The SMILES string of the molecule is CCN/C=C/C(=O)c1ccccc1[N+](=O)[O-]. The van der Waals surface area contributed by atoms with Crippen molar-refractivity contribution >= 4 is 11.5 Å². The van der Waals surface area contributed by atoms with Crippen LogP contribution in [0.15, 0.2) is 36.5 Å². The summed E-state index contributed by atoms with van der Waals surface area (Å²) >= 11 is 0. The third kappa shape index (κ3) is 2.91. The number of ketones is 1. The summed E-state index contributed by atoms with van der Waals surface area (Å²) in [5.74, 6) is -0.381. The molecule has 0 aromatic heterocycles. The van der Waals surface area contributed by atoms with E-state index in [1.54, 1.807) is 6.07 Å². The highest BCUT2D eigenvalue weighted by atomic mass is 16.6. The highest BCUT2D eigenvalue weighted by molar-refractivity contribution is 6.07. The largest absolute Gasteiger partial charge is 0.391 e. The number of rotatable bonds is 5. The Kier molecular flexibility index (Phi) is 4.20. The predicted octanol–water partition coefficient (Wildman–Crippen LogP) is 1.90. The summed E-state index contributed by atoms with van der Waals surface area (Å²) in [6.07, 6.45) is 2.77. The first-order chi connectivity index (χ1) is 7.66. The van der Waals surface area contributed by atoms with Crippen LogP contribution in [0.2, 0.25) is 0 Å². The molecule has 0 aliphatic heterocycles. The summed E-state index contributed by atoms with van der Waals surface area (Å²) in [7, 11) is 0. The van der Waals surface area contributed by atoms with Crippen LogP contribution in [-0.4, -0.2) is 17.3 Å². The van der Waals surface area contributed by atoms with Crippen LogP contribution < -0.4 is 5.32 Å². The summed E-state index contributed by atoms with van der Waals surface area (Å²) in [5, 5.41) is 13.5.